The van der Waals surface area contributed by atoms with Crippen molar-refractivity contribution < 1.29 is 19.6 Å². The van der Waals surface area contributed by atoms with Gasteiger partial charge >= 0.3 is 0 Å². The molecule has 5 nitrogen and oxygen atoms in total. The second-order valence-electron chi connectivity index (χ2n) is 7.67. The summed E-state index contributed by atoms with van der Waals surface area (Å²) in [5.74, 6) is 1.97. The molecule has 1 aliphatic heterocycles. The lowest BCUT2D eigenvalue weighted by Gasteiger charge is -2.20. The summed E-state index contributed by atoms with van der Waals surface area (Å²) in [7, 11) is 0. The summed E-state index contributed by atoms with van der Waals surface area (Å²) in [6, 6.07) is 14.9. The molecule has 1 heterocycles. The highest BCUT2D eigenvalue weighted by atomic mass is 16.7. The first-order valence-electron chi connectivity index (χ1n) is 10.1. The summed E-state index contributed by atoms with van der Waals surface area (Å²) in [5.41, 5.74) is 3.65. The van der Waals surface area contributed by atoms with Gasteiger partial charge < -0.3 is 20.1 Å². The van der Waals surface area contributed by atoms with Gasteiger partial charge in [-0.15, -0.1) is 0 Å². The van der Waals surface area contributed by atoms with E-state index in [-0.39, 0.29) is 18.7 Å². The molecule has 0 spiro atoms. The Morgan fingerprint density at radius 2 is 1.79 bits per heavy atom. The molecule has 0 saturated carbocycles. The van der Waals surface area contributed by atoms with E-state index in [4.69, 9.17) is 9.47 Å². The number of aryl methyl sites for hydroxylation is 1. The number of ether oxygens (including phenoxy) is 2. The fourth-order valence-corrected chi connectivity index (χ4v) is 3.55. The first kappa shape index (κ1) is 20.2. The van der Waals surface area contributed by atoms with Gasteiger partial charge in [-0.05, 0) is 29.7 Å². The number of quaternary nitrogens is 1. The number of fused-ring (bicyclic) bond motifs is 1. The normalized spacial score (nSPS) is 13.6. The third kappa shape index (κ3) is 5.26. The quantitative estimate of drug-likeness (QED) is 0.700. The number of nitrogens with two attached hydrogens (primary N) is 1. The number of hydrogen-bond acceptors (Lipinski definition) is 3. The first-order valence-corrected chi connectivity index (χ1v) is 10.1. The summed E-state index contributed by atoms with van der Waals surface area (Å²) in [6.45, 7) is 7.75. The average molecular weight is 384 g/mol. The number of carbonyl (C=O) groups is 1. The molecule has 0 unspecified atom stereocenters. The highest BCUT2D eigenvalue weighted by molar-refractivity contribution is 5.76. The molecule has 0 saturated heterocycles. The third-order valence-corrected chi connectivity index (χ3v) is 5.11. The Kier molecular flexibility index (Phi) is 6.93. The maximum atomic E-state index is 12.3. The highest BCUT2D eigenvalue weighted by Gasteiger charge is 2.20. The second kappa shape index (κ2) is 9.60. The maximum Gasteiger partial charge on any atom is 0.275 e. The lowest BCUT2D eigenvalue weighted by atomic mass is 9.94. The van der Waals surface area contributed by atoms with Gasteiger partial charge in [-0.1, -0.05) is 57.5 Å². The molecule has 0 bridgehead atoms. The molecule has 0 aliphatic carbocycles. The highest BCUT2D eigenvalue weighted by Crippen LogP contribution is 2.32. The van der Waals surface area contributed by atoms with Crippen LogP contribution in [0.1, 0.15) is 49.9 Å². The van der Waals surface area contributed by atoms with E-state index in [1.165, 1.54) is 11.1 Å². The van der Waals surface area contributed by atoms with Crippen LogP contribution in [0.4, 0.5) is 0 Å². The molecule has 1 atom stereocenters. The van der Waals surface area contributed by atoms with Gasteiger partial charge in [0.05, 0.1) is 0 Å². The predicted octanol–water partition coefficient (Wildman–Crippen LogP) is 2.94. The third-order valence-electron chi connectivity index (χ3n) is 5.11. The monoisotopic (exact) mass is 383 g/mol. The lowest BCUT2D eigenvalue weighted by Crippen LogP contribution is -2.88. The molecular weight excluding hydrogens is 352 g/mol. The van der Waals surface area contributed by atoms with E-state index in [1.807, 2.05) is 18.2 Å². The summed E-state index contributed by atoms with van der Waals surface area (Å²) >= 11 is 0. The van der Waals surface area contributed by atoms with E-state index in [0.29, 0.717) is 19.0 Å². The van der Waals surface area contributed by atoms with Gasteiger partial charge in [0.1, 0.15) is 6.04 Å². The van der Waals surface area contributed by atoms with Crippen LogP contribution in [-0.4, -0.2) is 19.2 Å². The van der Waals surface area contributed by atoms with Crippen LogP contribution in [0.25, 0.3) is 0 Å². The molecule has 0 aromatic heterocycles. The van der Waals surface area contributed by atoms with Crippen LogP contribution in [0.15, 0.2) is 42.5 Å². The van der Waals surface area contributed by atoms with Crippen molar-refractivity contribution in [3.8, 4) is 11.5 Å². The van der Waals surface area contributed by atoms with E-state index < -0.39 is 0 Å². The van der Waals surface area contributed by atoms with Crippen LogP contribution in [0.3, 0.4) is 0 Å². The molecule has 28 heavy (non-hydrogen) atoms. The Morgan fingerprint density at radius 1 is 1.07 bits per heavy atom. The summed E-state index contributed by atoms with van der Waals surface area (Å²) in [5, 5.41) is 5.13. The number of carbonyl (C=O) groups excluding carboxylic acids is 1. The van der Waals surface area contributed by atoms with E-state index in [0.717, 1.165) is 29.9 Å². The smallest absolute Gasteiger partial charge is 0.275 e. The molecule has 1 aliphatic rings. The molecular formula is C23H31N2O3+. The van der Waals surface area contributed by atoms with Crippen molar-refractivity contribution in [1.29, 1.82) is 0 Å². The molecule has 3 rings (SSSR count). The van der Waals surface area contributed by atoms with E-state index >= 15 is 0 Å². The van der Waals surface area contributed by atoms with Crippen LogP contribution in [0.5, 0.6) is 11.5 Å². The Bertz CT molecular complexity index is 787. The van der Waals surface area contributed by atoms with Crippen LogP contribution >= 0.6 is 0 Å². The zero-order chi connectivity index (χ0) is 19.9. The number of amides is 1. The average Bonchev–Trinajstić information content (AvgIpc) is 3.15. The summed E-state index contributed by atoms with van der Waals surface area (Å²) in [6.07, 6.45) is 2.27. The van der Waals surface area contributed by atoms with E-state index in [2.05, 4.69) is 55.7 Å². The Labute approximate surface area is 167 Å². The molecule has 3 N–H and O–H groups in total. The maximum absolute atomic E-state index is 12.3. The minimum Gasteiger partial charge on any atom is -0.454 e. The van der Waals surface area contributed by atoms with Gasteiger partial charge in [0.25, 0.3) is 5.91 Å². The van der Waals surface area contributed by atoms with Crippen molar-refractivity contribution in [1.82, 2.24) is 5.32 Å². The van der Waals surface area contributed by atoms with Crippen molar-refractivity contribution in [2.45, 2.75) is 46.2 Å². The second-order valence-corrected chi connectivity index (χ2v) is 7.67. The van der Waals surface area contributed by atoms with Crippen LogP contribution < -0.4 is 20.1 Å². The Balaban J connectivity index is 1.51. The van der Waals surface area contributed by atoms with Crippen LogP contribution in [0.2, 0.25) is 0 Å². The van der Waals surface area contributed by atoms with Crippen molar-refractivity contribution in [2.24, 2.45) is 5.92 Å². The molecule has 1 amide bonds. The van der Waals surface area contributed by atoms with Gasteiger partial charge in [0.15, 0.2) is 18.0 Å². The zero-order valence-electron chi connectivity index (χ0n) is 17.0. The van der Waals surface area contributed by atoms with Crippen molar-refractivity contribution in [3.05, 3.63) is 59.2 Å². The van der Waals surface area contributed by atoms with E-state index in [9.17, 15) is 4.79 Å². The number of nitrogens with one attached hydrogen (secondary N) is 1. The molecule has 0 radical (unpaired) electrons. The number of rotatable bonds is 9. The van der Waals surface area contributed by atoms with Gasteiger partial charge in [-0.25, -0.2) is 0 Å². The zero-order valence-corrected chi connectivity index (χ0v) is 17.0. The number of benzene rings is 2. The molecule has 0 fully saturated rings. The van der Waals surface area contributed by atoms with Gasteiger partial charge in [-0.3, -0.25) is 4.79 Å². The van der Waals surface area contributed by atoms with Crippen LogP contribution in [0, 0.1) is 5.92 Å². The molecule has 150 valence electrons. The largest absolute Gasteiger partial charge is 0.454 e. The molecule has 2 aromatic carbocycles. The minimum absolute atomic E-state index is 0.0333. The molecule has 2 aromatic rings. The van der Waals surface area contributed by atoms with Crippen molar-refractivity contribution >= 4 is 5.91 Å². The Hall–Kier alpha value is -2.53. The predicted molar refractivity (Wildman–Crippen MR) is 109 cm³/mol. The number of hydrogen-bond donors (Lipinski definition) is 2. The lowest BCUT2D eigenvalue weighted by molar-refractivity contribution is -0.692. The van der Waals surface area contributed by atoms with Crippen molar-refractivity contribution in [2.75, 3.05) is 13.3 Å². The van der Waals surface area contributed by atoms with Gasteiger partial charge in [-0.2, -0.15) is 0 Å². The standard InChI is InChI=1S/C23H30N2O3/c1-4-5-17-6-9-19(10-7-17)23(16(2)3)25-14-22(26)24-13-18-8-11-20-21(12-18)28-15-27-20/h6-12,16,23,25H,4-5,13-15H2,1-3H3,(H,24,26)/p+1/t23-/m0/s1. The van der Waals surface area contributed by atoms with Gasteiger partial charge in [0, 0.05) is 18.0 Å². The first-order chi connectivity index (χ1) is 13.6. The summed E-state index contributed by atoms with van der Waals surface area (Å²) < 4.78 is 10.7. The Morgan fingerprint density at radius 3 is 2.50 bits per heavy atom. The summed E-state index contributed by atoms with van der Waals surface area (Å²) in [4.78, 5) is 12.3. The van der Waals surface area contributed by atoms with E-state index in [1.54, 1.807) is 0 Å². The minimum atomic E-state index is 0.0333. The van der Waals surface area contributed by atoms with Gasteiger partial charge in [0.2, 0.25) is 6.79 Å². The molecule has 5 heteroatoms. The van der Waals surface area contributed by atoms with Crippen LogP contribution in [-0.2, 0) is 17.8 Å². The fraction of sp³-hybridized carbons (Fsp3) is 0.435. The van der Waals surface area contributed by atoms with Crippen molar-refractivity contribution in [3.63, 3.8) is 0 Å². The fourth-order valence-electron chi connectivity index (χ4n) is 3.55. The SMILES string of the molecule is CCCc1ccc([C@@H]([NH2+]CC(=O)NCc2ccc3c(c2)OCO3)C(C)C)cc1. The topological polar surface area (TPSA) is 64.2 Å².